The van der Waals surface area contributed by atoms with Gasteiger partial charge in [0, 0.05) is 12.8 Å². The SMILES string of the molecule is CCCCC/C=C\C/C=C\C/C=C\C/C=C\CCCC(=O)O[C@H](COC(=O)CCCCCCC/C=C\CCCCCCC)COP(=O)(O)O. The Bertz CT molecular complexity index is 979. The summed E-state index contributed by atoms with van der Waals surface area (Å²) in [7, 11) is -4.77. The van der Waals surface area contributed by atoms with Gasteiger partial charge in [0.1, 0.15) is 6.61 Å². The molecule has 0 fully saturated rings. The first-order chi connectivity index (χ1) is 23.8. The van der Waals surface area contributed by atoms with Crippen LogP contribution in [0.4, 0.5) is 0 Å². The van der Waals surface area contributed by atoms with Crippen molar-refractivity contribution in [3.63, 3.8) is 0 Å². The summed E-state index contributed by atoms with van der Waals surface area (Å²) in [6.07, 6.45) is 43.7. The molecular weight excluding hydrogens is 639 g/mol. The van der Waals surface area contributed by atoms with Crippen LogP contribution < -0.4 is 0 Å². The van der Waals surface area contributed by atoms with Gasteiger partial charge in [0.05, 0.1) is 6.61 Å². The predicted octanol–water partition coefficient (Wildman–Crippen LogP) is 11.3. The second-order valence-electron chi connectivity index (χ2n) is 12.5. The van der Waals surface area contributed by atoms with Crippen molar-refractivity contribution in [2.75, 3.05) is 13.2 Å². The largest absolute Gasteiger partial charge is 0.469 e. The summed E-state index contributed by atoms with van der Waals surface area (Å²) < 4.78 is 26.2. The first kappa shape index (κ1) is 46.8. The van der Waals surface area contributed by atoms with Crippen LogP contribution in [0.2, 0.25) is 0 Å². The van der Waals surface area contributed by atoms with Crippen LogP contribution in [-0.4, -0.2) is 41.0 Å². The minimum absolute atomic E-state index is 0.132. The van der Waals surface area contributed by atoms with Crippen molar-refractivity contribution in [1.29, 1.82) is 0 Å². The lowest BCUT2D eigenvalue weighted by Gasteiger charge is -2.18. The fourth-order valence-electron chi connectivity index (χ4n) is 4.89. The summed E-state index contributed by atoms with van der Waals surface area (Å²) in [6, 6.07) is 0. The molecule has 0 aromatic rings. The van der Waals surface area contributed by atoms with Crippen LogP contribution in [0.5, 0.6) is 0 Å². The zero-order valence-electron chi connectivity index (χ0n) is 30.8. The van der Waals surface area contributed by atoms with E-state index in [-0.39, 0.29) is 19.4 Å². The van der Waals surface area contributed by atoms with Gasteiger partial charge in [-0.1, -0.05) is 132 Å². The van der Waals surface area contributed by atoms with Crippen molar-refractivity contribution < 1.29 is 37.9 Å². The summed E-state index contributed by atoms with van der Waals surface area (Å²) in [6.45, 7) is 3.58. The molecule has 0 aliphatic rings. The van der Waals surface area contributed by atoms with Crippen LogP contribution in [0.3, 0.4) is 0 Å². The van der Waals surface area contributed by atoms with Crippen LogP contribution in [0.1, 0.15) is 162 Å². The maximum Gasteiger partial charge on any atom is 0.469 e. The number of carbonyl (C=O) groups excluding carboxylic acids is 2. The molecule has 1 atom stereocenters. The zero-order chi connectivity index (χ0) is 36.1. The Morgan fingerprint density at radius 3 is 1.49 bits per heavy atom. The lowest BCUT2D eigenvalue weighted by Crippen LogP contribution is -2.29. The highest BCUT2D eigenvalue weighted by Gasteiger charge is 2.22. The van der Waals surface area contributed by atoms with E-state index in [1.54, 1.807) is 0 Å². The van der Waals surface area contributed by atoms with Crippen LogP contribution >= 0.6 is 7.82 Å². The third kappa shape index (κ3) is 38.4. The van der Waals surface area contributed by atoms with Gasteiger partial charge in [-0.25, -0.2) is 4.57 Å². The van der Waals surface area contributed by atoms with Gasteiger partial charge >= 0.3 is 19.8 Å². The Balaban J connectivity index is 4.10. The fraction of sp³-hybridized carbons (Fsp3) is 0.700. The number of hydrogen-bond donors (Lipinski definition) is 2. The van der Waals surface area contributed by atoms with Crippen LogP contribution in [0, 0.1) is 0 Å². The first-order valence-electron chi connectivity index (χ1n) is 19.1. The number of carbonyl (C=O) groups is 2. The minimum Gasteiger partial charge on any atom is -0.462 e. The van der Waals surface area contributed by atoms with E-state index in [1.165, 1.54) is 64.2 Å². The van der Waals surface area contributed by atoms with Crippen molar-refractivity contribution in [2.45, 2.75) is 168 Å². The molecule has 0 aliphatic heterocycles. The number of phosphoric ester groups is 1. The molecule has 0 rings (SSSR count). The Morgan fingerprint density at radius 2 is 0.939 bits per heavy atom. The highest BCUT2D eigenvalue weighted by Crippen LogP contribution is 2.35. The van der Waals surface area contributed by atoms with Crippen LogP contribution in [-0.2, 0) is 28.2 Å². The Hall–Kier alpha value is -2.25. The smallest absolute Gasteiger partial charge is 0.462 e. The van der Waals surface area contributed by atoms with Gasteiger partial charge in [-0.2, -0.15) is 0 Å². The molecule has 0 aliphatic carbocycles. The van der Waals surface area contributed by atoms with Gasteiger partial charge in [0.2, 0.25) is 0 Å². The predicted molar refractivity (Wildman–Crippen MR) is 202 cm³/mol. The van der Waals surface area contributed by atoms with Gasteiger partial charge in [0.25, 0.3) is 0 Å². The fourth-order valence-corrected chi connectivity index (χ4v) is 5.25. The van der Waals surface area contributed by atoms with Gasteiger partial charge in [-0.05, 0) is 77.0 Å². The lowest BCUT2D eigenvalue weighted by molar-refractivity contribution is -0.161. The molecule has 9 heteroatoms. The molecule has 0 saturated carbocycles. The Labute approximate surface area is 298 Å². The molecule has 8 nitrogen and oxygen atoms in total. The van der Waals surface area contributed by atoms with E-state index in [0.29, 0.717) is 19.3 Å². The second kappa shape index (κ2) is 35.6. The number of hydrogen-bond acceptors (Lipinski definition) is 6. The van der Waals surface area contributed by atoms with E-state index in [1.807, 2.05) is 6.08 Å². The third-order valence-corrected chi connectivity index (χ3v) is 8.24. The molecule has 49 heavy (non-hydrogen) atoms. The van der Waals surface area contributed by atoms with E-state index in [2.05, 4.69) is 73.1 Å². The summed E-state index contributed by atoms with van der Waals surface area (Å²) in [4.78, 5) is 42.7. The first-order valence-corrected chi connectivity index (χ1v) is 20.6. The van der Waals surface area contributed by atoms with Crippen LogP contribution in [0.15, 0.2) is 60.8 Å². The molecule has 0 unspecified atom stereocenters. The number of ether oxygens (including phenoxy) is 2. The minimum atomic E-state index is -4.77. The van der Waals surface area contributed by atoms with E-state index in [0.717, 1.165) is 51.4 Å². The Morgan fingerprint density at radius 1 is 0.531 bits per heavy atom. The third-order valence-electron chi connectivity index (χ3n) is 7.76. The average molecular weight is 709 g/mol. The van der Waals surface area contributed by atoms with Crippen LogP contribution in [0.25, 0.3) is 0 Å². The number of phosphoric acid groups is 1. The van der Waals surface area contributed by atoms with E-state index in [4.69, 9.17) is 19.3 Å². The molecule has 0 aromatic heterocycles. The van der Waals surface area contributed by atoms with E-state index >= 15 is 0 Å². The molecule has 2 N–H and O–H groups in total. The summed E-state index contributed by atoms with van der Waals surface area (Å²) in [5.41, 5.74) is 0. The normalized spacial score (nSPS) is 13.1. The standard InChI is InChI=1S/C40H69O8P/c1-3-5-7-9-11-13-15-17-19-20-21-23-25-27-29-31-33-35-40(42)48-38(37-47-49(43,44)45)36-46-39(41)34-32-30-28-26-24-22-18-16-14-12-10-8-6-4-2/h11,13,16-19,21,23,27,29,38H,3-10,12,14-15,20,22,24-26,28,30-37H2,1-2H3,(H2,43,44,45)/b13-11-,18-16-,19-17-,23-21-,29-27-/t38-/m1/s1. The second-order valence-corrected chi connectivity index (χ2v) is 13.8. The van der Waals surface area contributed by atoms with Gasteiger partial charge in [-0.15, -0.1) is 0 Å². The van der Waals surface area contributed by atoms with Crippen molar-refractivity contribution in [1.82, 2.24) is 0 Å². The molecule has 0 radical (unpaired) electrons. The number of allylic oxidation sites excluding steroid dienone is 10. The van der Waals surface area contributed by atoms with Crippen molar-refractivity contribution >= 4 is 19.8 Å². The molecule has 0 amide bonds. The molecule has 0 bridgehead atoms. The zero-order valence-corrected chi connectivity index (χ0v) is 31.7. The number of unbranched alkanes of at least 4 members (excludes halogenated alkanes) is 14. The van der Waals surface area contributed by atoms with Crippen molar-refractivity contribution in [2.24, 2.45) is 0 Å². The molecule has 0 heterocycles. The quantitative estimate of drug-likeness (QED) is 0.0293. The Kier molecular flexibility index (Phi) is 33.9. The molecular formula is C40H69O8P. The van der Waals surface area contributed by atoms with Gasteiger partial charge in [0.15, 0.2) is 6.10 Å². The lowest BCUT2D eigenvalue weighted by atomic mass is 10.1. The monoisotopic (exact) mass is 708 g/mol. The molecule has 0 spiro atoms. The summed E-state index contributed by atoms with van der Waals surface area (Å²) in [5, 5.41) is 0. The molecule has 0 aromatic carbocycles. The van der Waals surface area contributed by atoms with E-state index < -0.39 is 32.5 Å². The summed E-state index contributed by atoms with van der Waals surface area (Å²) in [5.74, 6) is -0.965. The maximum absolute atomic E-state index is 12.3. The summed E-state index contributed by atoms with van der Waals surface area (Å²) >= 11 is 0. The molecule has 0 saturated heterocycles. The number of rotatable bonds is 34. The highest BCUT2D eigenvalue weighted by molar-refractivity contribution is 7.46. The highest BCUT2D eigenvalue weighted by atomic mass is 31.2. The van der Waals surface area contributed by atoms with Crippen molar-refractivity contribution in [3.05, 3.63) is 60.8 Å². The maximum atomic E-state index is 12.3. The van der Waals surface area contributed by atoms with Crippen molar-refractivity contribution in [3.8, 4) is 0 Å². The number of esters is 2. The van der Waals surface area contributed by atoms with Gasteiger partial charge < -0.3 is 19.3 Å². The van der Waals surface area contributed by atoms with E-state index in [9.17, 15) is 14.2 Å². The average Bonchev–Trinajstić information content (AvgIpc) is 3.07. The molecule has 282 valence electrons. The van der Waals surface area contributed by atoms with Gasteiger partial charge in [-0.3, -0.25) is 14.1 Å². The topological polar surface area (TPSA) is 119 Å².